The summed E-state index contributed by atoms with van der Waals surface area (Å²) in [5, 5.41) is 0. The average Bonchev–Trinajstić information content (AvgIpc) is 2.29. The maximum atomic E-state index is 12.2. The number of rotatable bonds is 4. The number of sulfonamides is 1. The van der Waals surface area contributed by atoms with E-state index in [1.807, 2.05) is 0 Å². The maximum Gasteiger partial charge on any atom is 0.390 e. The Morgan fingerprint density at radius 2 is 1.70 bits per heavy atom. The standard InChI is InChI=1S/C12H17F3N2O2S/c1-8-6-10(16)11(7-9(8)2)20(18,19)17(3)5-4-12(13,14)15/h6-7H,4-5,16H2,1-3H3. The second-order valence-electron chi connectivity index (χ2n) is 4.67. The van der Waals surface area contributed by atoms with Crippen LogP contribution < -0.4 is 5.73 Å². The van der Waals surface area contributed by atoms with Crippen molar-refractivity contribution >= 4 is 15.7 Å². The van der Waals surface area contributed by atoms with Crippen LogP contribution in [0, 0.1) is 13.8 Å². The van der Waals surface area contributed by atoms with Crippen LogP contribution in [0.1, 0.15) is 17.5 Å². The summed E-state index contributed by atoms with van der Waals surface area (Å²) < 4.78 is 61.6. The number of nitrogen functional groups attached to an aromatic ring is 1. The van der Waals surface area contributed by atoms with E-state index in [2.05, 4.69) is 0 Å². The number of halogens is 3. The molecule has 0 spiro atoms. The van der Waals surface area contributed by atoms with E-state index in [0.29, 0.717) is 9.87 Å². The molecule has 2 N–H and O–H groups in total. The minimum Gasteiger partial charge on any atom is -0.398 e. The summed E-state index contributed by atoms with van der Waals surface area (Å²) >= 11 is 0. The van der Waals surface area contributed by atoms with Gasteiger partial charge in [0.05, 0.1) is 12.1 Å². The molecule has 0 aliphatic heterocycles. The van der Waals surface area contributed by atoms with Gasteiger partial charge in [-0.2, -0.15) is 13.2 Å². The van der Waals surface area contributed by atoms with Gasteiger partial charge in [-0.15, -0.1) is 0 Å². The molecule has 0 amide bonds. The van der Waals surface area contributed by atoms with Gasteiger partial charge in [0.2, 0.25) is 10.0 Å². The normalized spacial score (nSPS) is 12.9. The van der Waals surface area contributed by atoms with Gasteiger partial charge in [0.25, 0.3) is 0 Å². The van der Waals surface area contributed by atoms with E-state index in [-0.39, 0.29) is 10.6 Å². The van der Waals surface area contributed by atoms with Crippen LogP contribution in [0.2, 0.25) is 0 Å². The van der Waals surface area contributed by atoms with E-state index < -0.39 is 29.2 Å². The summed E-state index contributed by atoms with van der Waals surface area (Å²) in [5.74, 6) is 0. The van der Waals surface area contributed by atoms with Gasteiger partial charge >= 0.3 is 6.18 Å². The third kappa shape index (κ3) is 3.86. The molecule has 0 saturated heterocycles. The van der Waals surface area contributed by atoms with Crippen molar-refractivity contribution in [3.63, 3.8) is 0 Å². The van der Waals surface area contributed by atoms with Gasteiger partial charge in [0, 0.05) is 13.6 Å². The number of anilines is 1. The minimum absolute atomic E-state index is 0.0342. The van der Waals surface area contributed by atoms with Crippen LogP contribution in [0.3, 0.4) is 0 Å². The van der Waals surface area contributed by atoms with E-state index in [1.54, 1.807) is 13.8 Å². The fourth-order valence-electron chi connectivity index (χ4n) is 1.61. The van der Waals surface area contributed by atoms with Crippen LogP contribution in [0.15, 0.2) is 17.0 Å². The Labute approximate surface area is 116 Å². The number of nitrogens with two attached hydrogens (primary N) is 1. The Kier molecular flexibility index (Phi) is 4.70. The monoisotopic (exact) mass is 310 g/mol. The summed E-state index contributed by atoms with van der Waals surface area (Å²) in [5.41, 5.74) is 7.23. The SMILES string of the molecule is Cc1cc(N)c(S(=O)(=O)N(C)CCC(F)(F)F)cc1C. The Bertz CT molecular complexity index is 597. The molecule has 0 bridgehead atoms. The summed E-state index contributed by atoms with van der Waals surface area (Å²) in [6.45, 7) is 2.84. The van der Waals surface area contributed by atoms with Gasteiger partial charge in [-0.1, -0.05) is 0 Å². The molecule has 1 aromatic carbocycles. The second-order valence-corrected chi connectivity index (χ2v) is 6.68. The lowest BCUT2D eigenvalue weighted by molar-refractivity contribution is -0.135. The van der Waals surface area contributed by atoms with Crippen molar-refractivity contribution < 1.29 is 21.6 Å². The topological polar surface area (TPSA) is 63.4 Å². The van der Waals surface area contributed by atoms with Crippen molar-refractivity contribution in [2.24, 2.45) is 0 Å². The summed E-state index contributed by atoms with van der Waals surface area (Å²) in [6, 6.07) is 2.88. The molecular weight excluding hydrogens is 293 g/mol. The quantitative estimate of drug-likeness (QED) is 0.869. The van der Waals surface area contributed by atoms with Crippen molar-refractivity contribution in [2.75, 3.05) is 19.3 Å². The number of hydrogen-bond acceptors (Lipinski definition) is 3. The first-order chi connectivity index (χ1) is 8.95. The van der Waals surface area contributed by atoms with Gasteiger partial charge in [0.15, 0.2) is 0 Å². The molecule has 0 unspecified atom stereocenters. The molecule has 0 aliphatic carbocycles. The summed E-state index contributed by atoms with van der Waals surface area (Å²) in [4.78, 5) is -0.162. The Balaban J connectivity index is 3.08. The number of nitrogens with zero attached hydrogens (tertiary/aromatic N) is 1. The molecule has 0 aliphatic rings. The highest BCUT2D eigenvalue weighted by Gasteiger charge is 2.31. The number of alkyl halides is 3. The van der Waals surface area contributed by atoms with Gasteiger partial charge in [-0.25, -0.2) is 12.7 Å². The third-order valence-corrected chi connectivity index (χ3v) is 4.94. The highest BCUT2D eigenvalue weighted by Crippen LogP contribution is 2.26. The molecule has 0 saturated carbocycles. The molecule has 20 heavy (non-hydrogen) atoms. The number of benzene rings is 1. The molecule has 0 heterocycles. The predicted octanol–water partition coefficient (Wildman–Crippen LogP) is 2.46. The molecule has 0 radical (unpaired) electrons. The van der Waals surface area contributed by atoms with Crippen LogP contribution in [-0.2, 0) is 10.0 Å². The molecule has 0 atom stereocenters. The van der Waals surface area contributed by atoms with E-state index >= 15 is 0 Å². The Hall–Kier alpha value is -1.28. The molecule has 8 heteroatoms. The van der Waals surface area contributed by atoms with Crippen LogP contribution >= 0.6 is 0 Å². The zero-order chi connectivity index (χ0) is 15.7. The highest BCUT2D eigenvalue weighted by atomic mass is 32.2. The Morgan fingerprint density at radius 3 is 2.20 bits per heavy atom. The smallest absolute Gasteiger partial charge is 0.390 e. The van der Waals surface area contributed by atoms with Gasteiger partial charge in [-0.05, 0) is 37.1 Å². The highest BCUT2D eigenvalue weighted by molar-refractivity contribution is 7.89. The first-order valence-electron chi connectivity index (χ1n) is 5.85. The van der Waals surface area contributed by atoms with E-state index in [9.17, 15) is 21.6 Å². The van der Waals surface area contributed by atoms with Crippen molar-refractivity contribution in [3.05, 3.63) is 23.3 Å². The van der Waals surface area contributed by atoms with Gasteiger partial charge in [-0.3, -0.25) is 0 Å². The minimum atomic E-state index is -4.40. The van der Waals surface area contributed by atoms with E-state index in [0.717, 1.165) is 12.6 Å². The first-order valence-corrected chi connectivity index (χ1v) is 7.29. The third-order valence-electron chi connectivity index (χ3n) is 3.02. The Morgan fingerprint density at radius 1 is 1.20 bits per heavy atom. The summed E-state index contributed by atoms with van der Waals surface area (Å²) in [6.07, 6.45) is -5.61. The molecule has 114 valence electrons. The van der Waals surface area contributed by atoms with Crippen LogP contribution in [0.4, 0.5) is 18.9 Å². The molecule has 0 aromatic heterocycles. The van der Waals surface area contributed by atoms with Gasteiger partial charge in [0.1, 0.15) is 4.90 Å². The lowest BCUT2D eigenvalue weighted by Crippen LogP contribution is -2.31. The number of aryl methyl sites for hydroxylation is 2. The van der Waals surface area contributed by atoms with Crippen molar-refractivity contribution in [1.82, 2.24) is 4.31 Å². The first kappa shape index (κ1) is 16.8. The average molecular weight is 310 g/mol. The molecule has 0 fully saturated rings. The van der Waals surface area contributed by atoms with E-state index in [4.69, 9.17) is 5.73 Å². The van der Waals surface area contributed by atoms with Crippen molar-refractivity contribution in [2.45, 2.75) is 31.3 Å². The van der Waals surface area contributed by atoms with Crippen LogP contribution in [-0.4, -0.2) is 32.5 Å². The fourth-order valence-corrected chi connectivity index (χ4v) is 2.96. The summed E-state index contributed by atoms with van der Waals surface area (Å²) in [7, 11) is -2.92. The lowest BCUT2D eigenvalue weighted by atomic mass is 10.1. The van der Waals surface area contributed by atoms with Crippen molar-refractivity contribution in [1.29, 1.82) is 0 Å². The molecule has 1 aromatic rings. The zero-order valence-electron chi connectivity index (χ0n) is 11.5. The fraction of sp³-hybridized carbons (Fsp3) is 0.500. The molecule has 4 nitrogen and oxygen atoms in total. The lowest BCUT2D eigenvalue weighted by Gasteiger charge is -2.19. The van der Waals surface area contributed by atoms with Gasteiger partial charge < -0.3 is 5.73 Å². The largest absolute Gasteiger partial charge is 0.398 e. The maximum absolute atomic E-state index is 12.2. The van der Waals surface area contributed by atoms with Crippen LogP contribution in [0.5, 0.6) is 0 Å². The van der Waals surface area contributed by atoms with E-state index in [1.165, 1.54) is 12.1 Å². The van der Waals surface area contributed by atoms with Crippen LogP contribution in [0.25, 0.3) is 0 Å². The van der Waals surface area contributed by atoms with Crippen molar-refractivity contribution in [3.8, 4) is 0 Å². The number of hydrogen-bond donors (Lipinski definition) is 1. The zero-order valence-corrected chi connectivity index (χ0v) is 12.3. The predicted molar refractivity (Wildman–Crippen MR) is 70.8 cm³/mol. The molecular formula is C12H17F3N2O2S. The second kappa shape index (κ2) is 5.61. The molecule has 1 rings (SSSR count).